The Balaban J connectivity index is 1.85. The molecule has 1 heterocycles. The van der Waals surface area contributed by atoms with Crippen LogP contribution in [0.15, 0.2) is 35.1 Å². The van der Waals surface area contributed by atoms with Crippen LogP contribution in [0.5, 0.6) is 5.75 Å². The Labute approximate surface area is 169 Å². The highest BCUT2D eigenvalue weighted by molar-refractivity contribution is 6.32. The van der Waals surface area contributed by atoms with Crippen molar-refractivity contribution in [3.8, 4) is 16.9 Å². The maximum atomic E-state index is 12.5. The minimum Gasteiger partial charge on any atom is -0.489 e. The van der Waals surface area contributed by atoms with E-state index in [-0.39, 0.29) is 17.6 Å². The second kappa shape index (κ2) is 7.59. The molecule has 0 saturated heterocycles. The summed E-state index contributed by atoms with van der Waals surface area (Å²) >= 11 is 6.41. The Kier molecular flexibility index (Phi) is 5.15. The number of H-pyrrole nitrogens is 1. The normalized spacial score (nSPS) is 14.9. The van der Waals surface area contributed by atoms with Crippen molar-refractivity contribution in [2.24, 2.45) is 0 Å². The number of ether oxygens (including phenoxy) is 1. The number of hydrogen-bond acceptors (Lipinski definition) is 3. The molecular weight excluding hydrogens is 372 g/mol. The zero-order valence-corrected chi connectivity index (χ0v) is 17.3. The largest absolute Gasteiger partial charge is 0.489 e. The summed E-state index contributed by atoms with van der Waals surface area (Å²) in [7, 11) is 0. The average Bonchev–Trinajstić information content (AvgIpc) is 3.15. The van der Waals surface area contributed by atoms with Gasteiger partial charge in [-0.25, -0.2) is 4.98 Å². The van der Waals surface area contributed by atoms with Crippen LogP contribution >= 0.6 is 11.6 Å². The van der Waals surface area contributed by atoms with Crippen molar-refractivity contribution < 1.29 is 4.74 Å². The SMILES string of the molecule is Cc1nc2cc(C(C)C)c(-c3ccc(Cl)c(OC4CCCC4)c3)cc2c(=O)[nH]1. The van der Waals surface area contributed by atoms with E-state index in [1.54, 1.807) is 6.92 Å². The van der Waals surface area contributed by atoms with Gasteiger partial charge in [0.25, 0.3) is 5.56 Å². The predicted molar refractivity (Wildman–Crippen MR) is 115 cm³/mol. The molecule has 2 aromatic carbocycles. The van der Waals surface area contributed by atoms with Gasteiger partial charge in [-0.15, -0.1) is 0 Å². The van der Waals surface area contributed by atoms with Gasteiger partial charge in [0.1, 0.15) is 11.6 Å². The zero-order valence-electron chi connectivity index (χ0n) is 16.5. The Morgan fingerprint density at radius 1 is 1.18 bits per heavy atom. The van der Waals surface area contributed by atoms with Crippen LogP contribution in [0.25, 0.3) is 22.0 Å². The molecule has 0 amide bonds. The van der Waals surface area contributed by atoms with Gasteiger partial charge in [0.05, 0.1) is 22.0 Å². The number of aryl methyl sites for hydroxylation is 1. The molecule has 1 aromatic heterocycles. The summed E-state index contributed by atoms with van der Waals surface area (Å²) in [4.78, 5) is 19.8. The molecule has 1 aliphatic carbocycles. The highest BCUT2D eigenvalue weighted by Gasteiger charge is 2.19. The Morgan fingerprint density at radius 2 is 1.93 bits per heavy atom. The molecule has 1 saturated carbocycles. The first kappa shape index (κ1) is 19.0. The summed E-state index contributed by atoms with van der Waals surface area (Å²) in [5.74, 6) is 1.63. The highest BCUT2D eigenvalue weighted by atomic mass is 35.5. The average molecular weight is 397 g/mol. The fraction of sp³-hybridized carbons (Fsp3) is 0.391. The molecule has 1 N–H and O–H groups in total. The first-order chi connectivity index (χ1) is 13.4. The summed E-state index contributed by atoms with van der Waals surface area (Å²) < 4.78 is 6.18. The Morgan fingerprint density at radius 3 is 2.64 bits per heavy atom. The highest BCUT2D eigenvalue weighted by Crippen LogP contribution is 2.37. The molecule has 3 aromatic rings. The number of nitrogens with one attached hydrogen (secondary N) is 1. The smallest absolute Gasteiger partial charge is 0.258 e. The van der Waals surface area contributed by atoms with Crippen molar-refractivity contribution in [3.05, 3.63) is 57.1 Å². The lowest BCUT2D eigenvalue weighted by atomic mass is 9.91. The molecular formula is C23H25ClN2O2. The second-order valence-electron chi connectivity index (χ2n) is 7.93. The molecule has 0 aliphatic heterocycles. The van der Waals surface area contributed by atoms with Crippen LogP contribution in [0.4, 0.5) is 0 Å². The lowest BCUT2D eigenvalue weighted by molar-refractivity contribution is 0.210. The molecule has 146 valence electrons. The van der Waals surface area contributed by atoms with Gasteiger partial charge < -0.3 is 9.72 Å². The molecule has 4 rings (SSSR count). The van der Waals surface area contributed by atoms with Crippen LogP contribution in [0, 0.1) is 6.92 Å². The van der Waals surface area contributed by atoms with Crippen molar-refractivity contribution >= 4 is 22.5 Å². The van der Waals surface area contributed by atoms with E-state index in [9.17, 15) is 4.79 Å². The van der Waals surface area contributed by atoms with Gasteiger partial charge in [-0.05, 0) is 79.5 Å². The molecule has 1 fully saturated rings. The van der Waals surface area contributed by atoms with Crippen LogP contribution in [-0.4, -0.2) is 16.1 Å². The molecule has 0 unspecified atom stereocenters. The van der Waals surface area contributed by atoms with E-state index in [2.05, 4.69) is 23.8 Å². The minimum absolute atomic E-state index is 0.115. The van der Waals surface area contributed by atoms with Crippen molar-refractivity contribution in [2.45, 2.75) is 58.5 Å². The minimum atomic E-state index is -0.115. The summed E-state index contributed by atoms with van der Waals surface area (Å²) in [6.45, 7) is 6.10. The van der Waals surface area contributed by atoms with Crippen LogP contribution < -0.4 is 10.3 Å². The first-order valence-electron chi connectivity index (χ1n) is 9.93. The topological polar surface area (TPSA) is 55.0 Å². The fourth-order valence-electron chi connectivity index (χ4n) is 3.99. The monoisotopic (exact) mass is 396 g/mol. The van der Waals surface area contributed by atoms with Gasteiger partial charge >= 0.3 is 0 Å². The summed E-state index contributed by atoms with van der Waals surface area (Å²) in [5.41, 5.74) is 3.79. The summed E-state index contributed by atoms with van der Waals surface area (Å²) in [5, 5.41) is 1.22. The maximum Gasteiger partial charge on any atom is 0.258 e. The van der Waals surface area contributed by atoms with Crippen molar-refractivity contribution in [1.29, 1.82) is 0 Å². The fourth-order valence-corrected chi connectivity index (χ4v) is 4.16. The number of benzene rings is 2. The number of rotatable bonds is 4. The lowest BCUT2D eigenvalue weighted by Crippen LogP contribution is -2.11. The zero-order chi connectivity index (χ0) is 19.8. The summed E-state index contributed by atoms with van der Waals surface area (Å²) in [6.07, 6.45) is 4.81. The Hall–Kier alpha value is -2.33. The quantitative estimate of drug-likeness (QED) is 0.588. The van der Waals surface area contributed by atoms with Gasteiger partial charge in [0.15, 0.2) is 0 Å². The number of fused-ring (bicyclic) bond motifs is 1. The second-order valence-corrected chi connectivity index (χ2v) is 8.34. The molecule has 0 radical (unpaired) electrons. The first-order valence-corrected chi connectivity index (χ1v) is 10.3. The number of aromatic nitrogens is 2. The van der Waals surface area contributed by atoms with Crippen LogP contribution in [0.2, 0.25) is 5.02 Å². The van der Waals surface area contributed by atoms with E-state index in [0.29, 0.717) is 16.2 Å². The Bertz CT molecular complexity index is 1080. The van der Waals surface area contributed by atoms with E-state index in [0.717, 1.165) is 40.8 Å². The molecule has 1 aliphatic rings. The molecule has 0 spiro atoms. The van der Waals surface area contributed by atoms with Crippen LogP contribution in [0.1, 0.15) is 56.8 Å². The van der Waals surface area contributed by atoms with E-state index in [1.165, 1.54) is 12.8 Å². The van der Waals surface area contributed by atoms with E-state index in [1.807, 2.05) is 30.3 Å². The van der Waals surface area contributed by atoms with Gasteiger partial charge in [-0.3, -0.25) is 4.79 Å². The van der Waals surface area contributed by atoms with Crippen molar-refractivity contribution in [3.63, 3.8) is 0 Å². The van der Waals surface area contributed by atoms with E-state index in [4.69, 9.17) is 16.3 Å². The van der Waals surface area contributed by atoms with Gasteiger partial charge in [0, 0.05) is 0 Å². The van der Waals surface area contributed by atoms with Gasteiger partial charge in [-0.1, -0.05) is 31.5 Å². The number of nitrogens with zero attached hydrogens (tertiary/aromatic N) is 1. The van der Waals surface area contributed by atoms with Gasteiger partial charge in [0.2, 0.25) is 0 Å². The van der Waals surface area contributed by atoms with Crippen molar-refractivity contribution in [2.75, 3.05) is 0 Å². The third-order valence-corrected chi connectivity index (χ3v) is 5.77. The molecule has 0 atom stereocenters. The lowest BCUT2D eigenvalue weighted by Gasteiger charge is -2.18. The predicted octanol–water partition coefficient (Wildman–Crippen LogP) is 6.00. The van der Waals surface area contributed by atoms with Crippen LogP contribution in [-0.2, 0) is 0 Å². The van der Waals surface area contributed by atoms with Crippen molar-refractivity contribution in [1.82, 2.24) is 9.97 Å². The van der Waals surface area contributed by atoms with E-state index >= 15 is 0 Å². The van der Waals surface area contributed by atoms with Crippen LogP contribution in [0.3, 0.4) is 0 Å². The number of hydrogen-bond donors (Lipinski definition) is 1. The third kappa shape index (κ3) is 3.66. The number of halogens is 1. The molecule has 4 nitrogen and oxygen atoms in total. The molecule has 0 bridgehead atoms. The van der Waals surface area contributed by atoms with E-state index < -0.39 is 0 Å². The molecule has 28 heavy (non-hydrogen) atoms. The van der Waals surface area contributed by atoms with Gasteiger partial charge in [-0.2, -0.15) is 0 Å². The number of aromatic amines is 1. The standard InChI is InChI=1S/C23H25ClN2O2/c1-13(2)17-12-21-19(23(27)26-14(3)25-21)11-18(17)15-8-9-20(24)22(10-15)28-16-6-4-5-7-16/h8-13,16H,4-7H2,1-3H3,(H,25,26,27). The molecule has 5 heteroatoms. The summed E-state index contributed by atoms with van der Waals surface area (Å²) in [6, 6.07) is 9.85. The third-order valence-electron chi connectivity index (χ3n) is 5.46. The maximum absolute atomic E-state index is 12.5.